The molecule has 0 aliphatic rings. The van der Waals surface area contributed by atoms with Crippen molar-refractivity contribution in [2.24, 2.45) is 0 Å². The van der Waals surface area contributed by atoms with Crippen LogP contribution in [0.25, 0.3) is 0 Å². The van der Waals surface area contributed by atoms with Gasteiger partial charge in [-0.1, -0.05) is 15.9 Å². The molecule has 106 valence electrons. The van der Waals surface area contributed by atoms with Crippen molar-refractivity contribution in [3.63, 3.8) is 0 Å². The van der Waals surface area contributed by atoms with Crippen molar-refractivity contribution in [1.82, 2.24) is 0 Å². The highest BCUT2D eigenvalue weighted by Gasteiger charge is 2.31. The van der Waals surface area contributed by atoms with Gasteiger partial charge in [0.05, 0.1) is 12.2 Å². The van der Waals surface area contributed by atoms with Gasteiger partial charge in [-0.05, 0) is 18.2 Å². The van der Waals surface area contributed by atoms with E-state index in [1.165, 1.54) is 13.2 Å². The Bertz CT molecular complexity index is 465. The lowest BCUT2D eigenvalue weighted by Crippen LogP contribution is -2.33. The zero-order chi connectivity index (χ0) is 14.6. The highest BCUT2D eigenvalue weighted by molar-refractivity contribution is 9.10. The van der Waals surface area contributed by atoms with Crippen molar-refractivity contribution in [2.45, 2.75) is 12.2 Å². The van der Waals surface area contributed by atoms with Crippen LogP contribution < -0.4 is 5.32 Å². The summed E-state index contributed by atoms with van der Waals surface area (Å²) in [7, 11) is 1.31. The van der Waals surface area contributed by atoms with Crippen LogP contribution in [0.1, 0.15) is 5.56 Å². The Balaban J connectivity index is 3.00. The molecule has 0 fully saturated rings. The summed E-state index contributed by atoms with van der Waals surface area (Å²) >= 11 is 2.95. The van der Waals surface area contributed by atoms with E-state index >= 15 is 0 Å². The molecule has 8 heteroatoms. The van der Waals surface area contributed by atoms with Gasteiger partial charge in [-0.15, -0.1) is 0 Å². The number of ether oxygens (including phenoxy) is 1. The van der Waals surface area contributed by atoms with Crippen LogP contribution in [0.2, 0.25) is 0 Å². The number of aliphatic carboxylic acids is 1. The van der Waals surface area contributed by atoms with Gasteiger partial charge in [0.1, 0.15) is 6.04 Å². The van der Waals surface area contributed by atoms with Crippen molar-refractivity contribution in [2.75, 3.05) is 19.0 Å². The number of methoxy groups -OCH3 is 1. The van der Waals surface area contributed by atoms with Gasteiger partial charge in [0.15, 0.2) is 0 Å². The minimum absolute atomic E-state index is 0.0474. The molecule has 4 nitrogen and oxygen atoms in total. The maximum absolute atomic E-state index is 12.6. The molecule has 0 amide bonds. The van der Waals surface area contributed by atoms with Gasteiger partial charge < -0.3 is 15.2 Å². The number of rotatable bonds is 5. The minimum Gasteiger partial charge on any atom is -0.480 e. The molecule has 0 aromatic heterocycles. The number of hydrogen-bond donors (Lipinski definition) is 2. The Labute approximate surface area is 115 Å². The second-order valence-electron chi connectivity index (χ2n) is 3.72. The van der Waals surface area contributed by atoms with Gasteiger partial charge in [-0.3, -0.25) is 0 Å². The molecular formula is C11H11BrF3NO3. The predicted octanol–water partition coefficient (Wildman–Crippen LogP) is 2.98. The number of benzene rings is 1. The zero-order valence-corrected chi connectivity index (χ0v) is 11.4. The standard InChI is InChI=1S/C11H11BrF3NO3/c1-19-5-9(10(17)18)16-8-3-6(11(13,14)15)2-7(12)4-8/h2-4,9,16H,5H2,1H3,(H,17,18). The second kappa shape index (κ2) is 6.25. The lowest BCUT2D eigenvalue weighted by molar-refractivity contribution is -0.139. The number of alkyl halides is 3. The average Bonchev–Trinajstić information content (AvgIpc) is 2.26. The van der Waals surface area contributed by atoms with Gasteiger partial charge in [0, 0.05) is 17.3 Å². The maximum Gasteiger partial charge on any atom is 0.416 e. The first kappa shape index (κ1) is 15.8. The fraction of sp³-hybridized carbons (Fsp3) is 0.364. The largest absolute Gasteiger partial charge is 0.480 e. The molecule has 2 N–H and O–H groups in total. The third kappa shape index (κ3) is 4.71. The van der Waals surface area contributed by atoms with E-state index in [1.807, 2.05) is 0 Å². The van der Waals surface area contributed by atoms with Crippen molar-refractivity contribution < 1.29 is 27.8 Å². The van der Waals surface area contributed by atoms with Crippen LogP contribution in [-0.4, -0.2) is 30.8 Å². The van der Waals surface area contributed by atoms with Crippen LogP contribution in [0.3, 0.4) is 0 Å². The summed E-state index contributed by atoms with van der Waals surface area (Å²) in [4.78, 5) is 10.9. The fourth-order valence-electron chi connectivity index (χ4n) is 1.38. The highest BCUT2D eigenvalue weighted by atomic mass is 79.9. The molecule has 0 aliphatic carbocycles. The third-order valence-electron chi connectivity index (χ3n) is 2.20. The quantitative estimate of drug-likeness (QED) is 0.864. The summed E-state index contributed by atoms with van der Waals surface area (Å²) in [6.07, 6.45) is -4.50. The third-order valence-corrected chi connectivity index (χ3v) is 2.66. The summed E-state index contributed by atoms with van der Waals surface area (Å²) in [5, 5.41) is 11.4. The first-order valence-corrected chi connectivity index (χ1v) is 5.89. The molecule has 0 bridgehead atoms. The summed E-state index contributed by atoms with van der Waals surface area (Å²) in [5.74, 6) is -1.21. The molecule has 19 heavy (non-hydrogen) atoms. The van der Waals surface area contributed by atoms with Crippen molar-refractivity contribution >= 4 is 27.6 Å². The lowest BCUT2D eigenvalue weighted by Gasteiger charge is -2.16. The number of nitrogens with one attached hydrogen (secondary N) is 1. The summed E-state index contributed by atoms with van der Waals surface area (Å²) in [6, 6.07) is 1.99. The molecule has 0 spiro atoms. The van der Waals surface area contributed by atoms with Crippen LogP contribution in [0.4, 0.5) is 18.9 Å². The lowest BCUT2D eigenvalue weighted by atomic mass is 10.2. The molecule has 1 aromatic rings. The second-order valence-corrected chi connectivity index (χ2v) is 4.63. The minimum atomic E-state index is -4.50. The van der Waals surface area contributed by atoms with E-state index in [1.54, 1.807) is 0 Å². The summed E-state index contributed by atoms with van der Waals surface area (Å²) < 4.78 is 42.7. The van der Waals surface area contributed by atoms with Gasteiger partial charge in [-0.2, -0.15) is 13.2 Å². The number of carboxylic acids is 1. The van der Waals surface area contributed by atoms with Crippen LogP contribution in [0.15, 0.2) is 22.7 Å². The monoisotopic (exact) mass is 341 g/mol. The van der Waals surface area contributed by atoms with Gasteiger partial charge in [-0.25, -0.2) is 4.79 Å². The Hall–Kier alpha value is -1.28. The van der Waals surface area contributed by atoms with Crippen molar-refractivity contribution in [3.05, 3.63) is 28.2 Å². The van der Waals surface area contributed by atoms with Crippen LogP contribution in [0, 0.1) is 0 Å². The van der Waals surface area contributed by atoms with Gasteiger partial charge in [0.25, 0.3) is 0 Å². The average molecular weight is 342 g/mol. The number of halogens is 4. The molecule has 0 saturated heterocycles. The molecule has 1 aromatic carbocycles. The molecule has 1 unspecified atom stereocenters. The first-order valence-electron chi connectivity index (χ1n) is 5.10. The van der Waals surface area contributed by atoms with Crippen LogP contribution in [-0.2, 0) is 15.7 Å². The van der Waals surface area contributed by atoms with E-state index in [4.69, 9.17) is 5.11 Å². The first-order chi connectivity index (χ1) is 8.74. The molecule has 0 radical (unpaired) electrons. The molecule has 0 aliphatic heterocycles. The van der Waals surface area contributed by atoms with Crippen LogP contribution in [0.5, 0.6) is 0 Å². The van der Waals surface area contributed by atoms with E-state index in [2.05, 4.69) is 26.0 Å². The van der Waals surface area contributed by atoms with E-state index < -0.39 is 23.8 Å². The molecule has 0 saturated carbocycles. The Morgan fingerprint density at radius 3 is 2.58 bits per heavy atom. The molecule has 1 atom stereocenters. The number of carbonyl (C=O) groups is 1. The fourth-order valence-corrected chi connectivity index (χ4v) is 1.87. The van der Waals surface area contributed by atoms with Crippen molar-refractivity contribution in [3.8, 4) is 0 Å². The smallest absolute Gasteiger partial charge is 0.416 e. The SMILES string of the molecule is COCC(Nc1cc(Br)cc(C(F)(F)F)c1)C(=O)O. The zero-order valence-electron chi connectivity index (χ0n) is 9.79. The number of hydrogen-bond acceptors (Lipinski definition) is 3. The Morgan fingerprint density at radius 1 is 1.47 bits per heavy atom. The van der Waals surface area contributed by atoms with E-state index in [0.29, 0.717) is 0 Å². The van der Waals surface area contributed by atoms with Gasteiger partial charge >= 0.3 is 12.1 Å². The molecule has 0 heterocycles. The predicted molar refractivity (Wildman–Crippen MR) is 66.1 cm³/mol. The molecule has 1 rings (SSSR count). The van der Waals surface area contributed by atoms with E-state index in [9.17, 15) is 18.0 Å². The van der Waals surface area contributed by atoms with Gasteiger partial charge in [0.2, 0.25) is 0 Å². The van der Waals surface area contributed by atoms with Crippen LogP contribution >= 0.6 is 15.9 Å². The normalized spacial score (nSPS) is 13.1. The summed E-state index contributed by atoms with van der Waals surface area (Å²) in [6.45, 7) is -0.163. The Morgan fingerprint density at radius 2 is 2.11 bits per heavy atom. The highest BCUT2D eigenvalue weighted by Crippen LogP contribution is 2.33. The van der Waals surface area contributed by atoms with Crippen molar-refractivity contribution in [1.29, 1.82) is 0 Å². The molecular weight excluding hydrogens is 331 g/mol. The van der Waals surface area contributed by atoms with E-state index in [0.717, 1.165) is 12.1 Å². The maximum atomic E-state index is 12.6. The van der Waals surface area contributed by atoms with E-state index in [-0.39, 0.29) is 16.8 Å². The number of carboxylic acid groups (broad SMARTS) is 1. The topological polar surface area (TPSA) is 58.6 Å². The summed E-state index contributed by atoms with van der Waals surface area (Å²) in [5.41, 5.74) is -0.822. The Kier molecular flexibility index (Phi) is 5.19. The number of anilines is 1.